The lowest BCUT2D eigenvalue weighted by Crippen LogP contribution is -2.15. The Morgan fingerprint density at radius 3 is 1.59 bits per heavy atom. The molecule has 0 aliphatic heterocycles. The third-order valence-corrected chi connectivity index (χ3v) is 15.6. The number of hydrogen-bond donors (Lipinski definition) is 0. The topological polar surface area (TPSA) is 0 Å². The minimum absolute atomic E-state index is 0.137. The molecule has 10 aromatic carbocycles. The molecular weight excluding hydrogens is 749 g/mol. The average molecular weight is 785 g/mol. The largest absolute Gasteiger partial charge is 0.134 e. The van der Waals surface area contributed by atoms with E-state index in [2.05, 4.69) is 196 Å². The molecule has 0 fully saturated rings. The van der Waals surface area contributed by atoms with Crippen molar-refractivity contribution in [1.82, 2.24) is 0 Å². The van der Waals surface area contributed by atoms with Gasteiger partial charge in [0, 0.05) is 51.1 Å². The van der Waals surface area contributed by atoms with Gasteiger partial charge in [0.1, 0.15) is 0 Å². The molecular formula is C57H36S2. The molecule has 1 aliphatic rings. The zero-order chi connectivity index (χ0) is 39.0. The molecule has 2 heteroatoms. The summed E-state index contributed by atoms with van der Waals surface area (Å²) in [6.45, 7) is 4.80. The maximum Gasteiger partial charge on any atom is 0.0455 e. The predicted octanol–water partition coefficient (Wildman–Crippen LogP) is 17.2. The van der Waals surface area contributed by atoms with Gasteiger partial charge in [0.2, 0.25) is 0 Å². The molecule has 12 aromatic rings. The van der Waals surface area contributed by atoms with E-state index in [0.29, 0.717) is 0 Å². The van der Waals surface area contributed by atoms with Gasteiger partial charge in [-0.3, -0.25) is 0 Å². The van der Waals surface area contributed by atoms with E-state index >= 15 is 0 Å². The maximum absolute atomic E-state index is 2.48. The second-order valence-corrected chi connectivity index (χ2v) is 18.8. The third kappa shape index (κ3) is 4.65. The molecule has 0 spiro atoms. The number of hydrogen-bond acceptors (Lipinski definition) is 2. The molecule has 59 heavy (non-hydrogen) atoms. The van der Waals surface area contributed by atoms with Crippen LogP contribution in [0.1, 0.15) is 25.0 Å². The Morgan fingerprint density at radius 1 is 0.322 bits per heavy atom. The highest BCUT2D eigenvalue weighted by Gasteiger charge is 2.36. The lowest BCUT2D eigenvalue weighted by atomic mass is 9.81. The van der Waals surface area contributed by atoms with Crippen LogP contribution in [0.2, 0.25) is 0 Å². The zero-order valence-corrected chi connectivity index (χ0v) is 34.3. The fourth-order valence-corrected chi connectivity index (χ4v) is 13.1. The first kappa shape index (κ1) is 33.4. The van der Waals surface area contributed by atoms with Crippen molar-refractivity contribution in [3.05, 3.63) is 193 Å². The van der Waals surface area contributed by atoms with E-state index in [1.54, 1.807) is 0 Å². The SMILES string of the molecule is CC1(C)c2ccc(-c3c4ccccc4c(-c4ccccc4)c4ccccc34)cc2-c2ccc(-c3ccc4sc5c(c4c3)c3ccccc3c3sc4ccccc4c35)cc21. The molecule has 2 heterocycles. The van der Waals surface area contributed by atoms with Crippen molar-refractivity contribution in [3.8, 4) is 44.5 Å². The molecule has 0 saturated heterocycles. The van der Waals surface area contributed by atoms with Crippen LogP contribution >= 0.6 is 22.7 Å². The molecule has 276 valence electrons. The summed E-state index contributed by atoms with van der Waals surface area (Å²) in [7, 11) is 0. The van der Waals surface area contributed by atoms with Crippen molar-refractivity contribution >= 4 is 95.3 Å². The van der Waals surface area contributed by atoms with Crippen LogP contribution in [0.4, 0.5) is 0 Å². The number of benzene rings is 10. The predicted molar refractivity (Wildman–Crippen MR) is 259 cm³/mol. The normalized spacial score (nSPS) is 13.4. The van der Waals surface area contributed by atoms with Crippen LogP contribution in [-0.4, -0.2) is 0 Å². The lowest BCUT2D eigenvalue weighted by Gasteiger charge is -2.22. The van der Waals surface area contributed by atoms with Crippen LogP contribution in [-0.2, 0) is 5.41 Å². The smallest absolute Gasteiger partial charge is 0.0455 e. The molecule has 0 radical (unpaired) electrons. The van der Waals surface area contributed by atoms with E-state index in [9.17, 15) is 0 Å². The number of thiophene rings is 2. The van der Waals surface area contributed by atoms with Gasteiger partial charge in [0.05, 0.1) is 0 Å². The van der Waals surface area contributed by atoms with Crippen LogP contribution in [0.5, 0.6) is 0 Å². The summed E-state index contributed by atoms with van der Waals surface area (Å²) in [5.41, 5.74) is 13.0. The van der Waals surface area contributed by atoms with Crippen molar-refractivity contribution in [2.45, 2.75) is 19.3 Å². The summed E-state index contributed by atoms with van der Waals surface area (Å²) >= 11 is 3.88. The molecule has 0 nitrogen and oxygen atoms in total. The van der Waals surface area contributed by atoms with E-state index in [4.69, 9.17) is 0 Å². The Balaban J connectivity index is 0.980. The maximum atomic E-state index is 2.48. The van der Waals surface area contributed by atoms with Crippen molar-refractivity contribution in [2.24, 2.45) is 0 Å². The van der Waals surface area contributed by atoms with E-state index in [0.717, 1.165) is 0 Å². The highest BCUT2D eigenvalue weighted by Crippen LogP contribution is 2.53. The Bertz CT molecular complexity index is 3690. The van der Waals surface area contributed by atoms with Gasteiger partial charge in [-0.25, -0.2) is 0 Å². The molecule has 0 unspecified atom stereocenters. The molecule has 0 N–H and O–H groups in total. The van der Waals surface area contributed by atoms with Crippen LogP contribution < -0.4 is 0 Å². The van der Waals surface area contributed by atoms with Gasteiger partial charge < -0.3 is 0 Å². The second-order valence-electron chi connectivity index (χ2n) is 16.7. The van der Waals surface area contributed by atoms with Crippen molar-refractivity contribution in [3.63, 3.8) is 0 Å². The van der Waals surface area contributed by atoms with Gasteiger partial charge in [-0.05, 0) is 113 Å². The van der Waals surface area contributed by atoms with E-state index in [-0.39, 0.29) is 5.41 Å². The Hall–Kier alpha value is -6.58. The van der Waals surface area contributed by atoms with Gasteiger partial charge in [-0.1, -0.05) is 166 Å². The highest BCUT2D eigenvalue weighted by molar-refractivity contribution is 7.30. The average Bonchev–Trinajstić information content (AvgIpc) is 3.93. The van der Waals surface area contributed by atoms with Gasteiger partial charge in [-0.15, -0.1) is 22.7 Å². The second kappa shape index (κ2) is 12.2. The van der Waals surface area contributed by atoms with Gasteiger partial charge in [0.25, 0.3) is 0 Å². The summed E-state index contributed by atoms with van der Waals surface area (Å²) < 4.78 is 5.50. The van der Waals surface area contributed by atoms with Crippen LogP contribution in [0.25, 0.3) is 117 Å². The van der Waals surface area contributed by atoms with Crippen LogP contribution in [0, 0.1) is 0 Å². The first-order valence-electron chi connectivity index (χ1n) is 20.5. The van der Waals surface area contributed by atoms with Crippen LogP contribution in [0.3, 0.4) is 0 Å². The van der Waals surface area contributed by atoms with E-state index in [1.807, 2.05) is 22.7 Å². The van der Waals surface area contributed by atoms with Crippen molar-refractivity contribution < 1.29 is 0 Å². The fraction of sp³-hybridized carbons (Fsp3) is 0.0526. The lowest BCUT2D eigenvalue weighted by molar-refractivity contribution is 0.660. The van der Waals surface area contributed by atoms with E-state index in [1.165, 1.54) is 128 Å². The standard InChI is InChI=1S/C57H36S2/c1-57(2)47-28-25-36(52-40-18-8-6-16-38(40)51(33-14-4-3-5-15-33)39-17-7-9-19-41(39)52)31-45(47)37-27-24-35(32-48(37)57)34-26-29-50-46(30-34)53-42-20-10-11-21-43(42)55-54(56(53)59-50)44-22-12-13-23-49(44)58-55/h3-32H,1-2H3. The van der Waals surface area contributed by atoms with Crippen molar-refractivity contribution in [1.29, 1.82) is 0 Å². The number of fused-ring (bicyclic) bond motifs is 15. The minimum Gasteiger partial charge on any atom is -0.134 e. The molecule has 2 aromatic heterocycles. The summed E-state index contributed by atoms with van der Waals surface area (Å²) in [6, 6.07) is 68.4. The minimum atomic E-state index is -0.137. The van der Waals surface area contributed by atoms with Gasteiger partial charge in [-0.2, -0.15) is 0 Å². The monoisotopic (exact) mass is 784 g/mol. The Morgan fingerprint density at radius 2 is 0.864 bits per heavy atom. The summed E-state index contributed by atoms with van der Waals surface area (Å²) in [6.07, 6.45) is 0. The Labute approximate surface area is 350 Å². The quantitative estimate of drug-likeness (QED) is 0.157. The molecule has 1 aliphatic carbocycles. The van der Waals surface area contributed by atoms with E-state index < -0.39 is 0 Å². The molecule has 13 rings (SSSR count). The van der Waals surface area contributed by atoms with Crippen LogP contribution in [0.15, 0.2) is 182 Å². The summed E-state index contributed by atoms with van der Waals surface area (Å²) in [5.74, 6) is 0. The third-order valence-electron chi connectivity index (χ3n) is 13.2. The summed E-state index contributed by atoms with van der Waals surface area (Å²) in [4.78, 5) is 0. The van der Waals surface area contributed by atoms with Gasteiger partial charge >= 0.3 is 0 Å². The highest BCUT2D eigenvalue weighted by atomic mass is 32.1. The molecule has 0 saturated carbocycles. The molecule has 0 amide bonds. The first-order chi connectivity index (χ1) is 29.0. The van der Waals surface area contributed by atoms with Gasteiger partial charge in [0.15, 0.2) is 0 Å². The molecule has 0 atom stereocenters. The first-order valence-corrected chi connectivity index (χ1v) is 22.1. The fourth-order valence-electron chi connectivity index (χ4n) is 10.5. The zero-order valence-electron chi connectivity index (χ0n) is 32.6. The van der Waals surface area contributed by atoms with Crippen molar-refractivity contribution in [2.75, 3.05) is 0 Å². The molecule has 0 bridgehead atoms. The number of rotatable bonds is 3. The Kier molecular flexibility index (Phi) is 6.92. The summed E-state index contributed by atoms with van der Waals surface area (Å²) in [5, 5.41) is 13.4.